The van der Waals surface area contributed by atoms with Crippen LogP contribution in [0.25, 0.3) is 153 Å². The molecule has 384 valence electrons. The lowest BCUT2D eigenvalue weighted by Crippen LogP contribution is -1.94. The molecule has 0 N–H and O–H groups in total. The van der Waals surface area contributed by atoms with Crippen LogP contribution in [0.15, 0.2) is 291 Å². The molecule has 17 aromatic rings. The fourth-order valence-corrected chi connectivity index (χ4v) is 15.7. The first kappa shape index (κ1) is 45.8. The highest BCUT2D eigenvalue weighted by Crippen LogP contribution is 2.51. The molecule has 0 bridgehead atoms. The molecule has 17 aromatic carbocycles. The third kappa shape index (κ3) is 6.21. The first-order valence-corrected chi connectivity index (χ1v) is 29.4. The molecule has 0 fully saturated rings. The Labute approximate surface area is 483 Å². The molecule has 0 radical (unpaired) electrons. The van der Waals surface area contributed by atoms with Crippen molar-refractivity contribution >= 4 is 86.2 Å². The van der Waals surface area contributed by atoms with Crippen LogP contribution in [0.1, 0.15) is 0 Å². The van der Waals surface area contributed by atoms with Gasteiger partial charge in [0.15, 0.2) is 0 Å². The number of hydrogen-bond donors (Lipinski definition) is 0. The molecule has 0 saturated carbocycles. The predicted octanol–water partition coefficient (Wildman–Crippen LogP) is 22.1. The lowest BCUT2D eigenvalue weighted by Gasteiger charge is -2.18. The van der Waals surface area contributed by atoms with Gasteiger partial charge in [0.25, 0.3) is 0 Å². The molecule has 0 amide bonds. The zero-order valence-corrected chi connectivity index (χ0v) is 45.7. The Morgan fingerprint density at radius 1 is 0.155 bits per heavy atom. The minimum absolute atomic E-state index is 1.21. The number of benzene rings is 17. The smallest absolute Gasteiger partial charge is 0.000718 e. The molecular formula is C84H48. The van der Waals surface area contributed by atoms with Gasteiger partial charge in [-0.15, -0.1) is 0 Å². The highest BCUT2D eigenvalue weighted by Gasteiger charge is 2.27. The van der Waals surface area contributed by atoms with Crippen molar-refractivity contribution in [1.82, 2.24) is 0 Å². The minimum atomic E-state index is 1.21. The van der Waals surface area contributed by atoms with E-state index in [1.54, 1.807) is 0 Å². The van der Waals surface area contributed by atoms with Crippen molar-refractivity contribution in [2.24, 2.45) is 0 Å². The van der Waals surface area contributed by atoms with Crippen LogP contribution in [0.3, 0.4) is 0 Å². The minimum Gasteiger partial charge on any atom is -0.0622 e. The molecule has 0 heteroatoms. The number of rotatable bonds is 6. The van der Waals surface area contributed by atoms with Gasteiger partial charge in [0.2, 0.25) is 0 Å². The Balaban J connectivity index is 1.02. The molecule has 0 aliphatic heterocycles. The highest BCUT2D eigenvalue weighted by molar-refractivity contribution is 6.33. The lowest BCUT2D eigenvalue weighted by atomic mass is 9.84. The Morgan fingerprint density at radius 3 is 0.726 bits per heavy atom. The summed E-state index contributed by atoms with van der Waals surface area (Å²) in [6.45, 7) is 0. The zero-order valence-electron chi connectivity index (χ0n) is 45.7. The van der Waals surface area contributed by atoms with E-state index in [0.29, 0.717) is 0 Å². The zero-order chi connectivity index (χ0) is 54.7. The first-order chi connectivity index (χ1) is 41.7. The summed E-state index contributed by atoms with van der Waals surface area (Å²) < 4.78 is 0. The molecule has 19 rings (SSSR count). The molecule has 2 aliphatic carbocycles. The monoisotopic (exact) mass is 1060 g/mol. The second-order valence-electron chi connectivity index (χ2n) is 23.2. The SMILES string of the molecule is c1ccc(-c2ccccc2-c2c3c(c(-c4ccccc4)c4cc5ccccc5cc24)=c2ccc4c5ccc6c7c(ccc(c8ccc=3c2c48)c75)=c2c(-c3ccccc3)c3cc4ccccc4cc3c(-c3ccccc3-c3ccccc3)c2=6)cc1. The third-order valence-corrected chi connectivity index (χ3v) is 19.0. The van der Waals surface area contributed by atoms with Crippen LogP contribution in [-0.4, -0.2) is 0 Å². The van der Waals surface area contributed by atoms with Gasteiger partial charge in [0, 0.05) is 0 Å². The standard InChI is InChI=1S/C84H48/c1-5-21-49(22-6-1)57-33-17-19-35-59(57)77-71-47-55-31-15-13-29-53(55)45-69(71)73(51-25-9-3-10-26-51)81-65-41-37-61-64-40-44-68-80-66(42-38-62(76(64)80)63-39-43-67(83(77)81)79(65)75(61)63)82-74(52-27-11-4-12-28-52)70-46-54-30-14-16-32-56(54)48-72(70)78(84(68)82)60-36-20-18-34-58(60)50-23-7-2-8-24-50/h1-48H. The third-order valence-electron chi connectivity index (χ3n) is 19.0. The summed E-state index contributed by atoms with van der Waals surface area (Å²) in [6.07, 6.45) is 0. The molecule has 0 saturated heterocycles. The number of hydrogen-bond acceptors (Lipinski definition) is 0. The second kappa shape index (κ2) is 17.3. The normalized spacial score (nSPS) is 12.3. The summed E-state index contributed by atoms with van der Waals surface area (Å²) in [4.78, 5) is 0. The van der Waals surface area contributed by atoms with Crippen LogP contribution in [-0.2, 0) is 0 Å². The van der Waals surface area contributed by atoms with Gasteiger partial charge in [-0.25, -0.2) is 0 Å². The van der Waals surface area contributed by atoms with E-state index in [1.165, 1.54) is 195 Å². The van der Waals surface area contributed by atoms with Gasteiger partial charge in [0.1, 0.15) is 0 Å². The van der Waals surface area contributed by atoms with Crippen molar-refractivity contribution in [3.05, 3.63) is 333 Å². The van der Waals surface area contributed by atoms with E-state index in [1.807, 2.05) is 0 Å². The highest BCUT2D eigenvalue weighted by atomic mass is 14.3. The van der Waals surface area contributed by atoms with Gasteiger partial charge < -0.3 is 0 Å². The van der Waals surface area contributed by atoms with E-state index in [4.69, 9.17) is 0 Å². The maximum Gasteiger partial charge on any atom is -0.000718 e. The number of fused-ring (bicyclic) bond motifs is 8. The van der Waals surface area contributed by atoms with Crippen molar-refractivity contribution in [3.8, 4) is 66.8 Å². The fraction of sp³-hybridized carbons (Fsp3) is 0. The molecule has 0 spiro atoms. The van der Waals surface area contributed by atoms with Crippen LogP contribution in [0.2, 0.25) is 0 Å². The van der Waals surface area contributed by atoms with Crippen LogP contribution < -0.4 is 0 Å². The molecule has 0 unspecified atom stereocenters. The Bertz CT molecular complexity index is 5770. The van der Waals surface area contributed by atoms with Crippen LogP contribution >= 0.6 is 0 Å². The largest absolute Gasteiger partial charge is 0.0622 e. The Morgan fingerprint density at radius 2 is 0.405 bits per heavy atom. The molecule has 84 heavy (non-hydrogen) atoms. The van der Waals surface area contributed by atoms with E-state index >= 15 is 0 Å². The maximum absolute atomic E-state index is 2.49. The topological polar surface area (TPSA) is 0 Å². The molecule has 0 heterocycles. The van der Waals surface area contributed by atoms with Gasteiger partial charge in [-0.2, -0.15) is 0 Å². The van der Waals surface area contributed by atoms with E-state index in [-0.39, 0.29) is 0 Å². The summed E-state index contributed by atoms with van der Waals surface area (Å²) in [5.41, 5.74) is 15.0. The molecule has 0 atom stereocenters. The Hall–Kier alpha value is -10.9. The maximum atomic E-state index is 2.49. The fourth-order valence-electron chi connectivity index (χ4n) is 15.7. The average Bonchev–Trinajstić information content (AvgIpc) is 1.53. The summed E-state index contributed by atoms with van der Waals surface area (Å²) >= 11 is 0. The molecular weight excluding hydrogens is 1010 g/mol. The lowest BCUT2D eigenvalue weighted by molar-refractivity contribution is 1.49. The predicted molar refractivity (Wildman–Crippen MR) is 354 cm³/mol. The summed E-state index contributed by atoms with van der Waals surface area (Å²) in [5.74, 6) is 0. The van der Waals surface area contributed by atoms with Crippen LogP contribution in [0, 0.1) is 41.7 Å². The van der Waals surface area contributed by atoms with Gasteiger partial charge in [-0.1, -0.05) is 267 Å². The van der Waals surface area contributed by atoms with Gasteiger partial charge in [-0.05, 0) is 219 Å². The second-order valence-corrected chi connectivity index (χ2v) is 23.2. The summed E-state index contributed by atoms with van der Waals surface area (Å²) in [6, 6.07) is 110. The van der Waals surface area contributed by atoms with Crippen LogP contribution in [0.5, 0.6) is 0 Å². The van der Waals surface area contributed by atoms with Crippen molar-refractivity contribution in [3.63, 3.8) is 0 Å². The van der Waals surface area contributed by atoms with Crippen LogP contribution in [0.4, 0.5) is 0 Å². The van der Waals surface area contributed by atoms with Gasteiger partial charge >= 0.3 is 0 Å². The average molecular weight is 1060 g/mol. The summed E-state index contributed by atoms with van der Waals surface area (Å²) in [5, 5.41) is 31.0. The first-order valence-electron chi connectivity index (χ1n) is 29.4. The van der Waals surface area contributed by atoms with Crippen molar-refractivity contribution in [2.75, 3.05) is 0 Å². The summed E-state index contributed by atoms with van der Waals surface area (Å²) in [7, 11) is 0. The van der Waals surface area contributed by atoms with E-state index in [9.17, 15) is 0 Å². The van der Waals surface area contributed by atoms with Crippen molar-refractivity contribution in [1.29, 1.82) is 0 Å². The van der Waals surface area contributed by atoms with E-state index in [2.05, 4.69) is 291 Å². The van der Waals surface area contributed by atoms with Crippen molar-refractivity contribution < 1.29 is 0 Å². The van der Waals surface area contributed by atoms with Crippen molar-refractivity contribution in [2.45, 2.75) is 0 Å². The van der Waals surface area contributed by atoms with Gasteiger partial charge in [0.05, 0.1) is 0 Å². The molecule has 2 aliphatic rings. The van der Waals surface area contributed by atoms with Gasteiger partial charge in [-0.3, -0.25) is 0 Å². The molecule has 0 aromatic heterocycles. The Kier molecular flexibility index (Phi) is 9.43. The quantitative estimate of drug-likeness (QED) is 0.115. The van der Waals surface area contributed by atoms with E-state index in [0.717, 1.165) is 0 Å². The molecule has 0 nitrogen and oxygen atoms in total. The van der Waals surface area contributed by atoms with E-state index < -0.39 is 0 Å².